The van der Waals surface area contributed by atoms with Crippen molar-refractivity contribution >= 4 is 27.3 Å². The van der Waals surface area contributed by atoms with Crippen molar-refractivity contribution in [1.29, 1.82) is 0 Å². The summed E-state index contributed by atoms with van der Waals surface area (Å²) in [5.41, 5.74) is 6.83. The number of hydrogen-bond acceptors (Lipinski definition) is 2. The zero-order valence-electron chi connectivity index (χ0n) is 8.90. The molecule has 1 heterocycles. The third kappa shape index (κ3) is 1.43. The quantitative estimate of drug-likeness (QED) is 0.805. The topological polar surface area (TPSA) is 43.1 Å². The fourth-order valence-electron chi connectivity index (χ4n) is 2.48. The number of carbonyl (C=O) groups excluding carboxylic acids is 1. The molecule has 0 spiro atoms. The number of rotatable bonds is 1. The van der Waals surface area contributed by atoms with E-state index in [2.05, 4.69) is 24.3 Å². The van der Waals surface area contributed by atoms with Crippen LogP contribution in [0.4, 0.5) is 0 Å². The smallest absolute Gasteiger partial charge is 0.220 e. The molecule has 0 saturated carbocycles. The molecule has 16 heavy (non-hydrogen) atoms. The maximum absolute atomic E-state index is 11.2. The summed E-state index contributed by atoms with van der Waals surface area (Å²) < 4.78 is 1.33. The summed E-state index contributed by atoms with van der Waals surface area (Å²) in [4.78, 5) is 12.6. The molecule has 2 nitrogen and oxygen atoms in total. The van der Waals surface area contributed by atoms with Crippen LogP contribution in [0.3, 0.4) is 0 Å². The number of benzene rings is 1. The largest absolute Gasteiger partial charge is 0.369 e. The van der Waals surface area contributed by atoms with Crippen LogP contribution in [0.5, 0.6) is 0 Å². The van der Waals surface area contributed by atoms with Crippen LogP contribution in [-0.2, 0) is 17.6 Å². The molecular formula is C13H13NOS. The van der Waals surface area contributed by atoms with Gasteiger partial charge in [-0.2, -0.15) is 0 Å². The molecule has 82 valence electrons. The lowest BCUT2D eigenvalue weighted by molar-refractivity contribution is -0.122. The summed E-state index contributed by atoms with van der Waals surface area (Å²) in [6.07, 6.45) is 2.74. The van der Waals surface area contributed by atoms with E-state index in [0.29, 0.717) is 0 Å². The van der Waals surface area contributed by atoms with Crippen molar-refractivity contribution in [2.45, 2.75) is 19.3 Å². The summed E-state index contributed by atoms with van der Waals surface area (Å²) in [6.45, 7) is 0. The minimum Gasteiger partial charge on any atom is -0.369 e. The molecule has 0 radical (unpaired) electrons. The van der Waals surface area contributed by atoms with Crippen LogP contribution in [0.1, 0.15) is 16.9 Å². The summed E-state index contributed by atoms with van der Waals surface area (Å²) >= 11 is 1.81. The van der Waals surface area contributed by atoms with Gasteiger partial charge in [-0.25, -0.2) is 0 Å². The number of thiophene rings is 1. The molecular weight excluding hydrogens is 218 g/mol. The molecule has 1 aromatic heterocycles. The van der Waals surface area contributed by atoms with Crippen LogP contribution < -0.4 is 5.73 Å². The second-order valence-corrected chi connectivity index (χ2v) is 5.48. The highest BCUT2D eigenvalue weighted by molar-refractivity contribution is 7.19. The van der Waals surface area contributed by atoms with Gasteiger partial charge in [0.25, 0.3) is 0 Å². The second kappa shape index (κ2) is 3.59. The van der Waals surface area contributed by atoms with Gasteiger partial charge in [-0.15, -0.1) is 11.3 Å². The van der Waals surface area contributed by atoms with E-state index in [1.54, 1.807) is 0 Å². The molecule has 3 heteroatoms. The molecule has 0 unspecified atom stereocenters. The van der Waals surface area contributed by atoms with Crippen molar-refractivity contribution in [2.24, 2.45) is 11.7 Å². The molecule has 2 aromatic rings. The highest BCUT2D eigenvalue weighted by Gasteiger charge is 2.25. The fourth-order valence-corrected chi connectivity index (χ4v) is 3.81. The van der Waals surface area contributed by atoms with Gasteiger partial charge in [-0.05, 0) is 36.3 Å². The van der Waals surface area contributed by atoms with E-state index < -0.39 is 0 Å². The number of fused-ring (bicyclic) bond motifs is 3. The number of nitrogens with two attached hydrogens (primary N) is 1. The van der Waals surface area contributed by atoms with E-state index in [-0.39, 0.29) is 11.8 Å². The van der Waals surface area contributed by atoms with Crippen molar-refractivity contribution in [3.05, 3.63) is 34.7 Å². The summed E-state index contributed by atoms with van der Waals surface area (Å²) in [5.74, 6) is -0.108. The Morgan fingerprint density at radius 3 is 3.00 bits per heavy atom. The number of carbonyl (C=O) groups is 1. The second-order valence-electron chi connectivity index (χ2n) is 4.34. The van der Waals surface area contributed by atoms with Gasteiger partial charge in [-0.3, -0.25) is 4.79 Å². The number of hydrogen-bond donors (Lipinski definition) is 1. The van der Waals surface area contributed by atoms with Crippen LogP contribution in [0.25, 0.3) is 10.1 Å². The van der Waals surface area contributed by atoms with Crippen LogP contribution in [0.15, 0.2) is 24.3 Å². The average molecular weight is 231 g/mol. The number of amides is 1. The predicted octanol–water partition coefficient (Wildman–Crippen LogP) is 2.49. The Morgan fingerprint density at radius 1 is 1.38 bits per heavy atom. The molecule has 1 aliphatic carbocycles. The van der Waals surface area contributed by atoms with Crippen LogP contribution in [0, 0.1) is 5.92 Å². The Morgan fingerprint density at radius 2 is 2.19 bits per heavy atom. The molecule has 1 aromatic carbocycles. The van der Waals surface area contributed by atoms with Gasteiger partial charge >= 0.3 is 0 Å². The summed E-state index contributed by atoms with van der Waals surface area (Å²) in [6, 6.07) is 8.47. The van der Waals surface area contributed by atoms with Gasteiger partial charge in [0.1, 0.15) is 0 Å². The van der Waals surface area contributed by atoms with E-state index in [0.717, 1.165) is 19.3 Å². The van der Waals surface area contributed by atoms with E-state index in [4.69, 9.17) is 5.73 Å². The predicted molar refractivity (Wildman–Crippen MR) is 66.5 cm³/mol. The van der Waals surface area contributed by atoms with E-state index in [9.17, 15) is 4.79 Å². The van der Waals surface area contributed by atoms with Gasteiger partial charge in [-0.1, -0.05) is 18.2 Å². The van der Waals surface area contributed by atoms with Crippen LogP contribution in [0.2, 0.25) is 0 Å². The highest BCUT2D eigenvalue weighted by Crippen LogP contribution is 2.37. The van der Waals surface area contributed by atoms with Crippen molar-refractivity contribution in [2.75, 3.05) is 0 Å². The zero-order chi connectivity index (χ0) is 11.1. The van der Waals surface area contributed by atoms with Gasteiger partial charge in [0.2, 0.25) is 5.91 Å². The normalized spacial score (nSPS) is 19.6. The maximum Gasteiger partial charge on any atom is 0.220 e. The van der Waals surface area contributed by atoms with Crippen molar-refractivity contribution in [1.82, 2.24) is 0 Å². The van der Waals surface area contributed by atoms with Gasteiger partial charge in [0, 0.05) is 15.5 Å². The molecule has 1 atom stereocenters. The summed E-state index contributed by atoms with van der Waals surface area (Å²) in [5, 5.41) is 1.37. The fraction of sp³-hybridized carbons (Fsp3) is 0.308. The average Bonchev–Trinajstić information content (AvgIpc) is 2.66. The van der Waals surface area contributed by atoms with Gasteiger partial charge in [0.15, 0.2) is 0 Å². The molecule has 0 aliphatic heterocycles. The third-order valence-electron chi connectivity index (χ3n) is 3.36. The Bertz CT molecular complexity index is 558. The lowest BCUT2D eigenvalue weighted by Crippen LogP contribution is -2.27. The van der Waals surface area contributed by atoms with E-state index in [1.807, 2.05) is 11.3 Å². The zero-order valence-corrected chi connectivity index (χ0v) is 9.72. The Hall–Kier alpha value is -1.35. The molecule has 2 N–H and O–H groups in total. The van der Waals surface area contributed by atoms with Crippen LogP contribution in [-0.4, -0.2) is 5.91 Å². The first-order valence-corrected chi connectivity index (χ1v) is 6.36. The minimum absolute atomic E-state index is 0.0422. The lowest BCUT2D eigenvalue weighted by Gasteiger charge is -2.19. The molecule has 0 bridgehead atoms. The standard InChI is InChI=1S/C13H13NOS/c14-13(15)8-5-6-10-9-3-1-2-4-11(9)16-12(10)7-8/h1-4,8H,5-7H2,(H2,14,15)/t8-/m1/s1. The number of primary amides is 1. The molecule has 1 amide bonds. The Kier molecular flexibility index (Phi) is 2.21. The van der Waals surface area contributed by atoms with Crippen LogP contribution >= 0.6 is 11.3 Å². The third-order valence-corrected chi connectivity index (χ3v) is 4.59. The van der Waals surface area contributed by atoms with Gasteiger partial charge < -0.3 is 5.73 Å². The highest BCUT2D eigenvalue weighted by atomic mass is 32.1. The molecule has 0 fully saturated rings. The van der Waals surface area contributed by atoms with Gasteiger partial charge in [0.05, 0.1) is 0 Å². The molecule has 1 aliphatic rings. The lowest BCUT2D eigenvalue weighted by atomic mass is 9.87. The Labute approximate surface area is 98.1 Å². The first-order valence-electron chi connectivity index (χ1n) is 5.54. The first kappa shape index (κ1) is 9.85. The van der Waals surface area contributed by atoms with Crippen molar-refractivity contribution in [3.63, 3.8) is 0 Å². The molecule has 3 rings (SSSR count). The Balaban J connectivity index is 2.09. The number of aryl methyl sites for hydroxylation is 1. The van der Waals surface area contributed by atoms with Crippen molar-refractivity contribution in [3.8, 4) is 0 Å². The maximum atomic E-state index is 11.2. The SMILES string of the molecule is NC(=O)[C@@H]1CCc2c(sc3ccccc23)C1. The van der Waals surface area contributed by atoms with Crippen molar-refractivity contribution < 1.29 is 4.79 Å². The minimum atomic E-state index is -0.150. The summed E-state index contributed by atoms with van der Waals surface area (Å²) in [7, 11) is 0. The first-order chi connectivity index (χ1) is 7.75. The molecule has 0 saturated heterocycles. The monoisotopic (exact) mass is 231 g/mol. The van der Waals surface area contributed by atoms with E-state index in [1.165, 1.54) is 20.5 Å². The van der Waals surface area contributed by atoms with E-state index >= 15 is 0 Å².